The first-order valence-corrected chi connectivity index (χ1v) is 12.8. The van der Waals surface area contributed by atoms with E-state index in [4.69, 9.17) is 10.1 Å². The number of amides is 1. The molecule has 192 valence electrons. The van der Waals surface area contributed by atoms with Crippen LogP contribution in [0.15, 0.2) is 42.7 Å². The Morgan fingerprint density at radius 1 is 1.08 bits per heavy atom. The molecule has 0 unspecified atom stereocenters. The van der Waals surface area contributed by atoms with Crippen LogP contribution in [0.4, 0.5) is 11.8 Å². The highest BCUT2D eigenvalue weighted by Gasteiger charge is 2.19. The van der Waals surface area contributed by atoms with E-state index in [0.29, 0.717) is 17.7 Å². The van der Waals surface area contributed by atoms with Crippen molar-refractivity contribution < 1.29 is 4.79 Å². The zero-order valence-corrected chi connectivity index (χ0v) is 22.2. The number of carbonyl (C=O) groups is 1. The standard InChI is InChI=1S/C28H34N8O/c1-18(2)27-23-15-22(14-19(3)26(23)33-34(27)5)24-8-9-29-28(31-24)32-25-7-6-21(16-30-25)17-35-10-12-36(13-11-35)20(4)37/h6-9,14-16,18H,10-13,17H2,1-5H3,(H,29,30,31,32). The van der Waals surface area contributed by atoms with Gasteiger partial charge in [-0.05, 0) is 48.2 Å². The molecule has 4 heterocycles. The molecule has 4 aromatic rings. The van der Waals surface area contributed by atoms with Crippen LogP contribution < -0.4 is 5.32 Å². The van der Waals surface area contributed by atoms with Gasteiger partial charge in [-0.15, -0.1) is 0 Å². The van der Waals surface area contributed by atoms with Gasteiger partial charge in [0.15, 0.2) is 0 Å². The Balaban J connectivity index is 1.30. The summed E-state index contributed by atoms with van der Waals surface area (Å²) >= 11 is 0. The summed E-state index contributed by atoms with van der Waals surface area (Å²) in [5, 5.41) is 9.15. The molecule has 1 fully saturated rings. The number of hydrogen-bond donors (Lipinski definition) is 1. The lowest BCUT2D eigenvalue weighted by atomic mass is 10.00. The second kappa shape index (κ2) is 10.3. The second-order valence-corrected chi connectivity index (χ2v) is 10.1. The number of anilines is 2. The van der Waals surface area contributed by atoms with E-state index in [-0.39, 0.29) is 5.91 Å². The number of fused-ring (bicyclic) bond motifs is 1. The van der Waals surface area contributed by atoms with Crippen molar-refractivity contribution >= 4 is 28.6 Å². The SMILES string of the molecule is CC(=O)N1CCN(Cc2ccc(Nc3nccc(-c4cc(C)c5nn(C)c(C(C)C)c5c4)n3)nc2)CC1. The molecule has 5 rings (SSSR count). The highest BCUT2D eigenvalue weighted by molar-refractivity contribution is 5.89. The van der Waals surface area contributed by atoms with Crippen molar-refractivity contribution in [1.82, 2.24) is 34.5 Å². The average Bonchev–Trinajstić information content (AvgIpc) is 3.22. The third kappa shape index (κ3) is 5.32. The molecule has 0 radical (unpaired) electrons. The van der Waals surface area contributed by atoms with Crippen molar-refractivity contribution in [1.29, 1.82) is 0 Å². The second-order valence-electron chi connectivity index (χ2n) is 10.1. The summed E-state index contributed by atoms with van der Waals surface area (Å²) in [4.78, 5) is 29.6. The van der Waals surface area contributed by atoms with Gasteiger partial charge in [-0.25, -0.2) is 15.0 Å². The van der Waals surface area contributed by atoms with Crippen LogP contribution in [0.5, 0.6) is 0 Å². The van der Waals surface area contributed by atoms with Gasteiger partial charge in [0.25, 0.3) is 0 Å². The maximum atomic E-state index is 11.5. The van der Waals surface area contributed by atoms with Crippen LogP contribution in [0.25, 0.3) is 22.2 Å². The van der Waals surface area contributed by atoms with Crippen molar-refractivity contribution in [2.75, 3.05) is 31.5 Å². The lowest BCUT2D eigenvalue weighted by molar-refractivity contribution is -0.130. The van der Waals surface area contributed by atoms with E-state index in [2.05, 4.69) is 59.2 Å². The van der Waals surface area contributed by atoms with Crippen molar-refractivity contribution in [2.24, 2.45) is 7.05 Å². The van der Waals surface area contributed by atoms with Gasteiger partial charge < -0.3 is 10.2 Å². The summed E-state index contributed by atoms with van der Waals surface area (Å²) in [5.41, 5.74) is 6.41. The van der Waals surface area contributed by atoms with Gasteiger partial charge in [-0.2, -0.15) is 5.10 Å². The van der Waals surface area contributed by atoms with Crippen LogP contribution in [0.2, 0.25) is 0 Å². The first-order chi connectivity index (χ1) is 17.8. The third-order valence-corrected chi connectivity index (χ3v) is 6.96. The van der Waals surface area contributed by atoms with Crippen molar-refractivity contribution in [3.63, 3.8) is 0 Å². The number of rotatable bonds is 6. The van der Waals surface area contributed by atoms with Crippen LogP contribution in [0.3, 0.4) is 0 Å². The summed E-state index contributed by atoms with van der Waals surface area (Å²) in [7, 11) is 2.01. The first-order valence-electron chi connectivity index (χ1n) is 12.8. The van der Waals surface area contributed by atoms with Crippen molar-refractivity contribution in [3.8, 4) is 11.3 Å². The minimum atomic E-state index is 0.149. The third-order valence-electron chi connectivity index (χ3n) is 6.96. The Morgan fingerprint density at radius 2 is 1.86 bits per heavy atom. The van der Waals surface area contributed by atoms with Gasteiger partial charge in [-0.3, -0.25) is 14.4 Å². The zero-order valence-electron chi connectivity index (χ0n) is 22.2. The monoisotopic (exact) mass is 498 g/mol. The Morgan fingerprint density at radius 3 is 2.54 bits per heavy atom. The zero-order chi connectivity index (χ0) is 26.1. The Bertz CT molecular complexity index is 1420. The molecule has 0 saturated carbocycles. The molecule has 3 aromatic heterocycles. The number of benzene rings is 1. The minimum absolute atomic E-state index is 0.149. The maximum absolute atomic E-state index is 11.5. The summed E-state index contributed by atoms with van der Waals surface area (Å²) in [6, 6.07) is 10.3. The number of aryl methyl sites for hydroxylation is 2. The fourth-order valence-corrected chi connectivity index (χ4v) is 5.08. The van der Waals surface area contributed by atoms with Crippen LogP contribution in [0.1, 0.15) is 43.5 Å². The Hall–Kier alpha value is -3.85. The molecule has 1 aliphatic rings. The molecule has 1 aliphatic heterocycles. The molecule has 9 heteroatoms. The Labute approximate surface area is 217 Å². The van der Waals surface area contributed by atoms with E-state index < -0.39 is 0 Å². The molecular weight excluding hydrogens is 464 g/mol. The van der Waals surface area contributed by atoms with Gasteiger partial charge in [0.05, 0.1) is 11.2 Å². The van der Waals surface area contributed by atoms with E-state index in [1.807, 2.05) is 35.0 Å². The lowest BCUT2D eigenvalue weighted by Crippen LogP contribution is -2.47. The molecule has 1 amide bonds. The van der Waals surface area contributed by atoms with Crippen LogP contribution in [-0.4, -0.2) is 66.6 Å². The molecule has 9 nitrogen and oxygen atoms in total. The smallest absolute Gasteiger partial charge is 0.228 e. The van der Waals surface area contributed by atoms with Gasteiger partial charge in [0.2, 0.25) is 11.9 Å². The van der Waals surface area contributed by atoms with Crippen LogP contribution in [0, 0.1) is 6.92 Å². The van der Waals surface area contributed by atoms with E-state index in [0.717, 1.165) is 60.6 Å². The number of pyridine rings is 1. The van der Waals surface area contributed by atoms with Crippen molar-refractivity contribution in [3.05, 3.63) is 59.5 Å². The number of nitrogens with one attached hydrogen (secondary N) is 1. The molecule has 0 atom stereocenters. The van der Waals surface area contributed by atoms with E-state index in [1.165, 1.54) is 11.1 Å². The van der Waals surface area contributed by atoms with E-state index >= 15 is 0 Å². The van der Waals surface area contributed by atoms with Gasteiger partial charge in [0, 0.05) is 75.7 Å². The highest BCUT2D eigenvalue weighted by Crippen LogP contribution is 2.31. The predicted molar refractivity (Wildman–Crippen MR) is 146 cm³/mol. The summed E-state index contributed by atoms with van der Waals surface area (Å²) < 4.78 is 1.99. The molecule has 37 heavy (non-hydrogen) atoms. The average molecular weight is 499 g/mol. The molecular formula is C28H34N8O. The number of aromatic nitrogens is 5. The predicted octanol–water partition coefficient (Wildman–Crippen LogP) is 4.26. The van der Waals surface area contributed by atoms with Crippen LogP contribution in [-0.2, 0) is 18.4 Å². The molecule has 1 saturated heterocycles. The van der Waals surface area contributed by atoms with E-state index in [9.17, 15) is 4.79 Å². The summed E-state index contributed by atoms with van der Waals surface area (Å²) in [6.07, 6.45) is 3.66. The molecule has 1 aromatic carbocycles. The largest absolute Gasteiger partial charge is 0.340 e. The summed E-state index contributed by atoms with van der Waals surface area (Å²) in [6.45, 7) is 12.2. The summed E-state index contributed by atoms with van der Waals surface area (Å²) in [5.74, 6) is 1.72. The first kappa shape index (κ1) is 24.8. The molecule has 0 aliphatic carbocycles. The number of hydrogen-bond acceptors (Lipinski definition) is 7. The minimum Gasteiger partial charge on any atom is -0.340 e. The quantitative estimate of drug-likeness (QED) is 0.425. The highest BCUT2D eigenvalue weighted by atomic mass is 16.2. The van der Waals surface area contributed by atoms with Crippen LogP contribution >= 0.6 is 0 Å². The molecule has 1 N–H and O–H groups in total. The number of piperazine rings is 1. The fourth-order valence-electron chi connectivity index (χ4n) is 5.08. The van der Waals surface area contributed by atoms with Gasteiger partial charge in [0.1, 0.15) is 5.82 Å². The van der Waals surface area contributed by atoms with Gasteiger partial charge >= 0.3 is 0 Å². The van der Waals surface area contributed by atoms with Gasteiger partial charge in [-0.1, -0.05) is 19.9 Å². The number of nitrogens with zero attached hydrogens (tertiary/aromatic N) is 7. The Kier molecular flexibility index (Phi) is 6.88. The molecule has 0 spiro atoms. The topological polar surface area (TPSA) is 92.1 Å². The van der Waals surface area contributed by atoms with E-state index in [1.54, 1.807) is 13.1 Å². The normalized spacial score (nSPS) is 14.5. The molecule has 0 bridgehead atoms. The van der Waals surface area contributed by atoms with Crippen molar-refractivity contribution in [2.45, 2.75) is 40.2 Å². The maximum Gasteiger partial charge on any atom is 0.228 e. The number of carbonyl (C=O) groups excluding carboxylic acids is 1. The lowest BCUT2D eigenvalue weighted by Gasteiger charge is -2.34. The fraction of sp³-hybridized carbons (Fsp3) is 0.393.